The maximum Gasteiger partial charge on any atom is 0.324 e. The minimum atomic E-state index is -3.82. The number of likely N-dealkylation sites (N-methyl/N-ethyl adjacent to an activating group) is 1. The second-order valence-corrected chi connectivity index (χ2v) is 8.62. The Morgan fingerprint density at radius 3 is 2.56 bits per heavy atom. The molecule has 8 nitrogen and oxygen atoms in total. The standard InChI is InChI=1S/C18H26N4O4S/c1-3-19-17(23)13(2)20-27(25,26)15-6-7-16-14(12-15)8-11-22(16)18(24)21-9-4-5-10-21/h6-7,12-13,20H,3-5,8-11H2,1-2H3,(H,19,23)/t13-/m1/s1. The average Bonchev–Trinajstić information content (AvgIpc) is 3.30. The molecule has 0 saturated carbocycles. The molecule has 1 aromatic carbocycles. The number of carbonyl (C=O) groups is 2. The van der Waals surface area contributed by atoms with Gasteiger partial charge in [0.25, 0.3) is 0 Å². The lowest BCUT2D eigenvalue weighted by atomic mass is 10.2. The number of amides is 3. The number of benzene rings is 1. The monoisotopic (exact) mass is 394 g/mol. The van der Waals surface area contributed by atoms with E-state index in [0.717, 1.165) is 37.2 Å². The lowest BCUT2D eigenvalue weighted by molar-refractivity contribution is -0.122. The Morgan fingerprint density at radius 2 is 1.89 bits per heavy atom. The molecule has 0 radical (unpaired) electrons. The fourth-order valence-corrected chi connectivity index (χ4v) is 4.76. The lowest BCUT2D eigenvalue weighted by Crippen LogP contribution is -2.44. The first-order valence-corrected chi connectivity index (χ1v) is 10.8. The van der Waals surface area contributed by atoms with Crippen molar-refractivity contribution in [3.63, 3.8) is 0 Å². The first-order chi connectivity index (χ1) is 12.8. The minimum Gasteiger partial charge on any atom is -0.355 e. The average molecular weight is 394 g/mol. The van der Waals surface area contributed by atoms with Crippen LogP contribution in [-0.2, 0) is 21.2 Å². The molecule has 148 valence electrons. The molecule has 3 amide bonds. The maximum atomic E-state index is 12.7. The molecule has 0 aliphatic carbocycles. The van der Waals surface area contributed by atoms with E-state index in [1.54, 1.807) is 24.0 Å². The van der Waals surface area contributed by atoms with Gasteiger partial charge in [0, 0.05) is 31.9 Å². The molecule has 0 aromatic heterocycles. The number of rotatable bonds is 5. The third kappa shape index (κ3) is 4.08. The van der Waals surface area contributed by atoms with Gasteiger partial charge >= 0.3 is 6.03 Å². The van der Waals surface area contributed by atoms with Gasteiger partial charge in [0.15, 0.2) is 0 Å². The molecule has 3 rings (SSSR count). The van der Waals surface area contributed by atoms with Gasteiger partial charge in [0.1, 0.15) is 0 Å². The Labute approximate surface area is 160 Å². The van der Waals surface area contributed by atoms with E-state index in [4.69, 9.17) is 0 Å². The summed E-state index contributed by atoms with van der Waals surface area (Å²) < 4.78 is 27.6. The summed E-state index contributed by atoms with van der Waals surface area (Å²) in [6.45, 7) is 5.82. The Morgan fingerprint density at radius 1 is 1.19 bits per heavy atom. The van der Waals surface area contributed by atoms with E-state index >= 15 is 0 Å². The van der Waals surface area contributed by atoms with E-state index in [0.29, 0.717) is 19.5 Å². The van der Waals surface area contributed by atoms with Crippen molar-refractivity contribution in [3.8, 4) is 0 Å². The number of urea groups is 1. The summed E-state index contributed by atoms with van der Waals surface area (Å²) in [5.41, 5.74) is 1.60. The molecule has 27 heavy (non-hydrogen) atoms. The summed E-state index contributed by atoms with van der Waals surface area (Å²) in [4.78, 5) is 28.1. The van der Waals surface area contributed by atoms with Crippen LogP contribution in [0, 0.1) is 0 Å². The molecule has 2 aliphatic rings. The number of nitrogens with zero attached hydrogens (tertiary/aromatic N) is 2. The van der Waals surface area contributed by atoms with Crippen molar-refractivity contribution in [1.29, 1.82) is 0 Å². The number of nitrogens with one attached hydrogen (secondary N) is 2. The fraction of sp³-hybridized carbons (Fsp3) is 0.556. The van der Waals surface area contributed by atoms with Gasteiger partial charge in [-0.25, -0.2) is 13.2 Å². The van der Waals surface area contributed by atoms with Gasteiger partial charge in [-0.05, 0) is 56.9 Å². The highest BCUT2D eigenvalue weighted by molar-refractivity contribution is 7.89. The molecular formula is C18H26N4O4S. The summed E-state index contributed by atoms with van der Waals surface area (Å²) >= 11 is 0. The Bertz CT molecular complexity index is 834. The van der Waals surface area contributed by atoms with Gasteiger partial charge in [0.2, 0.25) is 15.9 Å². The largest absolute Gasteiger partial charge is 0.355 e. The summed E-state index contributed by atoms with van der Waals surface area (Å²) in [6, 6.07) is 3.89. The fourth-order valence-electron chi connectivity index (χ4n) is 3.50. The van der Waals surface area contributed by atoms with Gasteiger partial charge < -0.3 is 10.2 Å². The molecule has 1 aromatic rings. The normalized spacial score (nSPS) is 17.7. The van der Waals surface area contributed by atoms with Gasteiger partial charge in [-0.2, -0.15) is 4.72 Å². The molecule has 2 aliphatic heterocycles. The van der Waals surface area contributed by atoms with Crippen molar-refractivity contribution >= 4 is 27.6 Å². The van der Waals surface area contributed by atoms with Crippen LogP contribution >= 0.6 is 0 Å². The lowest BCUT2D eigenvalue weighted by Gasteiger charge is -2.24. The van der Waals surface area contributed by atoms with Crippen molar-refractivity contribution in [1.82, 2.24) is 14.9 Å². The third-order valence-corrected chi connectivity index (χ3v) is 6.48. The van der Waals surface area contributed by atoms with Crippen LogP contribution in [0.15, 0.2) is 23.1 Å². The van der Waals surface area contributed by atoms with Gasteiger partial charge in [-0.15, -0.1) is 0 Å². The first kappa shape index (κ1) is 19.6. The third-order valence-electron chi connectivity index (χ3n) is 4.94. The Balaban J connectivity index is 1.76. The Kier molecular flexibility index (Phi) is 5.71. The number of hydrogen-bond donors (Lipinski definition) is 2. The highest BCUT2D eigenvalue weighted by Gasteiger charge is 2.31. The van der Waals surface area contributed by atoms with E-state index in [1.165, 1.54) is 13.0 Å². The Hall–Kier alpha value is -2.13. The number of anilines is 1. The predicted molar refractivity (Wildman–Crippen MR) is 102 cm³/mol. The second-order valence-electron chi connectivity index (χ2n) is 6.91. The number of hydrogen-bond acceptors (Lipinski definition) is 4. The molecule has 1 fully saturated rings. The number of likely N-dealkylation sites (tertiary alicyclic amines) is 1. The molecule has 0 bridgehead atoms. The van der Waals surface area contributed by atoms with Crippen LogP contribution in [0.1, 0.15) is 32.3 Å². The van der Waals surface area contributed by atoms with E-state index in [9.17, 15) is 18.0 Å². The van der Waals surface area contributed by atoms with Gasteiger partial charge in [-0.1, -0.05) is 0 Å². The number of sulfonamides is 1. The smallest absolute Gasteiger partial charge is 0.324 e. The summed E-state index contributed by atoms with van der Waals surface area (Å²) in [5, 5.41) is 2.59. The van der Waals surface area contributed by atoms with E-state index in [1.807, 2.05) is 4.90 Å². The second kappa shape index (κ2) is 7.85. The zero-order valence-electron chi connectivity index (χ0n) is 15.7. The van der Waals surface area contributed by atoms with Crippen molar-refractivity contribution in [2.45, 2.75) is 44.0 Å². The number of carbonyl (C=O) groups excluding carboxylic acids is 2. The molecule has 2 heterocycles. The molecule has 0 unspecified atom stereocenters. The van der Waals surface area contributed by atoms with Gasteiger partial charge in [0.05, 0.1) is 10.9 Å². The summed E-state index contributed by atoms with van der Waals surface area (Å²) in [5.74, 6) is -0.371. The molecule has 1 saturated heterocycles. The molecule has 9 heteroatoms. The highest BCUT2D eigenvalue weighted by Crippen LogP contribution is 2.31. The minimum absolute atomic E-state index is 0.00941. The zero-order chi connectivity index (χ0) is 19.6. The molecule has 0 spiro atoms. The van der Waals surface area contributed by atoms with Crippen LogP contribution < -0.4 is 14.9 Å². The first-order valence-electron chi connectivity index (χ1n) is 9.33. The van der Waals surface area contributed by atoms with Crippen molar-refractivity contribution in [2.75, 3.05) is 31.1 Å². The van der Waals surface area contributed by atoms with Crippen LogP contribution in [0.25, 0.3) is 0 Å². The van der Waals surface area contributed by atoms with Crippen molar-refractivity contribution < 1.29 is 18.0 Å². The molecule has 2 N–H and O–H groups in total. The molecule has 1 atom stereocenters. The quantitative estimate of drug-likeness (QED) is 0.780. The number of fused-ring (bicyclic) bond motifs is 1. The van der Waals surface area contributed by atoms with Gasteiger partial charge in [-0.3, -0.25) is 9.69 Å². The van der Waals surface area contributed by atoms with Crippen molar-refractivity contribution in [2.24, 2.45) is 0 Å². The van der Waals surface area contributed by atoms with E-state index in [2.05, 4.69) is 10.0 Å². The van der Waals surface area contributed by atoms with Crippen LogP contribution in [0.2, 0.25) is 0 Å². The highest BCUT2D eigenvalue weighted by atomic mass is 32.2. The van der Waals surface area contributed by atoms with Crippen LogP contribution in [-0.4, -0.2) is 57.5 Å². The van der Waals surface area contributed by atoms with Crippen molar-refractivity contribution in [3.05, 3.63) is 23.8 Å². The van der Waals surface area contributed by atoms with E-state index in [-0.39, 0.29) is 16.8 Å². The zero-order valence-corrected chi connectivity index (χ0v) is 16.5. The topological polar surface area (TPSA) is 98.8 Å². The predicted octanol–water partition coefficient (Wildman–Crippen LogP) is 1.07. The van der Waals surface area contributed by atoms with Crippen LogP contribution in [0.3, 0.4) is 0 Å². The maximum absolute atomic E-state index is 12.7. The molecular weight excluding hydrogens is 368 g/mol. The van der Waals surface area contributed by atoms with Crippen LogP contribution in [0.4, 0.5) is 10.5 Å². The SMILES string of the molecule is CCNC(=O)[C@@H](C)NS(=O)(=O)c1ccc2c(c1)CCN2C(=O)N1CCCC1. The summed E-state index contributed by atoms with van der Waals surface area (Å²) in [6.07, 6.45) is 2.67. The summed E-state index contributed by atoms with van der Waals surface area (Å²) in [7, 11) is -3.82. The van der Waals surface area contributed by atoms with Crippen LogP contribution in [0.5, 0.6) is 0 Å². The van der Waals surface area contributed by atoms with E-state index < -0.39 is 16.1 Å².